The van der Waals surface area contributed by atoms with Gasteiger partial charge in [0.15, 0.2) is 0 Å². The third kappa shape index (κ3) is 4.93. The van der Waals surface area contributed by atoms with Gasteiger partial charge in [-0.05, 0) is 11.5 Å². The van der Waals surface area contributed by atoms with Crippen molar-refractivity contribution in [3.63, 3.8) is 0 Å². The average Bonchev–Trinajstić information content (AvgIpc) is 2.25. The van der Waals surface area contributed by atoms with Crippen molar-refractivity contribution in [1.29, 1.82) is 0 Å². The van der Waals surface area contributed by atoms with Crippen LogP contribution in [0.3, 0.4) is 0 Å². The molecular weight excluding hydrogens is 190 g/mol. The smallest absolute Gasteiger partial charge is 0.0937 e. The molecule has 0 aliphatic rings. The molecule has 0 heterocycles. The van der Waals surface area contributed by atoms with Gasteiger partial charge in [0.25, 0.3) is 0 Å². The van der Waals surface area contributed by atoms with Gasteiger partial charge in [0.05, 0.1) is 19.3 Å². The van der Waals surface area contributed by atoms with E-state index in [4.69, 9.17) is 4.84 Å². The van der Waals surface area contributed by atoms with Crippen LogP contribution in [0.25, 0.3) is 0 Å². The van der Waals surface area contributed by atoms with Crippen LogP contribution in [-0.2, 0) is 4.84 Å². The molecule has 1 aromatic carbocycles. The van der Waals surface area contributed by atoms with Crippen LogP contribution in [-0.4, -0.2) is 18.3 Å². The molecule has 3 heteroatoms. The van der Waals surface area contributed by atoms with Crippen LogP contribution in [0, 0.1) is 5.92 Å². The first-order chi connectivity index (χ1) is 7.20. The molecule has 1 atom stereocenters. The van der Waals surface area contributed by atoms with E-state index in [0.29, 0.717) is 19.1 Å². The topological polar surface area (TPSA) is 41.5 Å². The van der Waals surface area contributed by atoms with E-state index in [2.05, 4.69) is 19.3 Å². The summed E-state index contributed by atoms with van der Waals surface area (Å²) >= 11 is 0. The molecule has 0 spiro atoms. The first-order valence-electron chi connectivity index (χ1n) is 5.28. The highest BCUT2D eigenvalue weighted by atomic mass is 16.6. The number of nitrogens with one attached hydrogen (secondary N) is 1. The maximum Gasteiger partial charge on any atom is 0.0937 e. The summed E-state index contributed by atoms with van der Waals surface area (Å²) in [5.41, 5.74) is 3.67. The molecule has 0 saturated heterocycles. The van der Waals surface area contributed by atoms with E-state index in [-0.39, 0.29) is 0 Å². The highest BCUT2D eigenvalue weighted by Crippen LogP contribution is 2.10. The maximum absolute atomic E-state index is 9.74. The van der Waals surface area contributed by atoms with Gasteiger partial charge in [-0.15, -0.1) is 0 Å². The number of aliphatic hydroxyl groups is 1. The Morgan fingerprint density at radius 2 is 1.93 bits per heavy atom. The van der Waals surface area contributed by atoms with Crippen molar-refractivity contribution in [3.8, 4) is 0 Å². The van der Waals surface area contributed by atoms with Gasteiger partial charge in [0, 0.05) is 0 Å². The Bertz CT molecular complexity index is 262. The minimum Gasteiger partial charge on any atom is -0.387 e. The summed E-state index contributed by atoms with van der Waals surface area (Å²) in [7, 11) is 0. The van der Waals surface area contributed by atoms with Crippen molar-refractivity contribution in [2.75, 3.05) is 13.2 Å². The highest BCUT2D eigenvalue weighted by Gasteiger charge is 2.05. The molecule has 0 aromatic heterocycles. The van der Waals surface area contributed by atoms with Crippen molar-refractivity contribution in [2.24, 2.45) is 5.92 Å². The zero-order valence-corrected chi connectivity index (χ0v) is 9.31. The lowest BCUT2D eigenvalue weighted by Gasteiger charge is -2.12. The van der Waals surface area contributed by atoms with E-state index in [1.54, 1.807) is 0 Å². The molecule has 15 heavy (non-hydrogen) atoms. The number of rotatable bonds is 6. The molecule has 0 fully saturated rings. The highest BCUT2D eigenvalue weighted by molar-refractivity contribution is 5.17. The Kier molecular flexibility index (Phi) is 5.32. The molecule has 1 aromatic rings. The predicted molar refractivity (Wildman–Crippen MR) is 60.2 cm³/mol. The van der Waals surface area contributed by atoms with Gasteiger partial charge < -0.3 is 9.94 Å². The molecule has 1 unspecified atom stereocenters. The minimum atomic E-state index is -0.515. The van der Waals surface area contributed by atoms with Gasteiger partial charge in [0.2, 0.25) is 0 Å². The molecule has 84 valence electrons. The Morgan fingerprint density at radius 1 is 1.27 bits per heavy atom. The second-order valence-corrected chi connectivity index (χ2v) is 3.98. The van der Waals surface area contributed by atoms with Gasteiger partial charge in [-0.3, -0.25) is 0 Å². The van der Waals surface area contributed by atoms with Gasteiger partial charge in [0.1, 0.15) is 0 Å². The van der Waals surface area contributed by atoms with Crippen molar-refractivity contribution >= 4 is 0 Å². The number of hydrogen-bond acceptors (Lipinski definition) is 3. The van der Waals surface area contributed by atoms with E-state index in [1.807, 2.05) is 30.3 Å². The van der Waals surface area contributed by atoms with E-state index >= 15 is 0 Å². The molecule has 2 N–H and O–H groups in total. The standard InChI is InChI=1S/C12H19NO2/c1-10(2)9-15-13-8-12(14)11-6-4-3-5-7-11/h3-7,10,12-14H,8-9H2,1-2H3. The van der Waals surface area contributed by atoms with Crippen LogP contribution in [0.4, 0.5) is 0 Å². The summed E-state index contributed by atoms with van der Waals surface area (Å²) in [5.74, 6) is 0.492. The van der Waals surface area contributed by atoms with E-state index in [1.165, 1.54) is 0 Å². The fraction of sp³-hybridized carbons (Fsp3) is 0.500. The second-order valence-electron chi connectivity index (χ2n) is 3.98. The fourth-order valence-electron chi connectivity index (χ4n) is 1.16. The van der Waals surface area contributed by atoms with E-state index < -0.39 is 6.10 Å². The van der Waals surface area contributed by atoms with Crippen LogP contribution >= 0.6 is 0 Å². The summed E-state index contributed by atoms with van der Waals surface area (Å²) in [4.78, 5) is 5.18. The van der Waals surface area contributed by atoms with Crippen LogP contribution in [0.15, 0.2) is 30.3 Å². The number of benzene rings is 1. The SMILES string of the molecule is CC(C)CONCC(O)c1ccccc1. The number of hydrogen-bond donors (Lipinski definition) is 2. The molecule has 0 amide bonds. The fourth-order valence-corrected chi connectivity index (χ4v) is 1.16. The molecule has 1 rings (SSSR count). The molecule has 0 saturated carbocycles. The van der Waals surface area contributed by atoms with Crippen molar-refractivity contribution in [2.45, 2.75) is 20.0 Å². The lowest BCUT2D eigenvalue weighted by Crippen LogP contribution is -2.23. The quantitative estimate of drug-likeness (QED) is 0.555. The van der Waals surface area contributed by atoms with Crippen LogP contribution in [0.2, 0.25) is 0 Å². The molecule has 3 nitrogen and oxygen atoms in total. The lowest BCUT2D eigenvalue weighted by atomic mass is 10.1. The molecule has 0 aliphatic heterocycles. The summed E-state index contributed by atoms with van der Waals surface area (Å²) < 4.78 is 0. The zero-order chi connectivity index (χ0) is 11.1. The van der Waals surface area contributed by atoms with E-state index in [9.17, 15) is 5.11 Å². The number of aliphatic hydroxyl groups excluding tert-OH is 1. The number of hydroxylamine groups is 1. The summed E-state index contributed by atoms with van der Waals surface area (Å²) in [6.07, 6.45) is -0.515. The largest absolute Gasteiger partial charge is 0.387 e. The monoisotopic (exact) mass is 209 g/mol. The molecule has 0 bridgehead atoms. The Labute approximate surface area is 91.0 Å². The van der Waals surface area contributed by atoms with Crippen molar-refractivity contribution in [3.05, 3.63) is 35.9 Å². The third-order valence-corrected chi connectivity index (χ3v) is 1.98. The van der Waals surface area contributed by atoms with Crippen LogP contribution < -0.4 is 5.48 Å². The molecule has 0 radical (unpaired) electrons. The predicted octanol–water partition coefficient (Wildman–Crippen LogP) is 1.90. The average molecular weight is 209 g/mol. The van der Waals surface area contributed by atoms with Crippen molar-refractivity contribution in [1.82, 2.24) is 5.48 Å². The van der Waals surface area contributed by atoms with Crippen LogP contribution in [0.5, 0.6) is 0 Å². The summed E-state index contributed by atoms with van der Waals surface area (Å²) in [5, 5.41) is 9.74. The Hall–Kier alpha value is -0.900. The van der Waals surface area contributed by atoms with Gasteiger partial charge in [-0.2, -0.15) is 5.48 Å². The van der Waals surface area contributed by atoms with Crippen molar-refractivity contribution < 1.29 is 9.94 Å². The Balaban J connectivity index is 2.22. The Morgan fingerprint density at radius 3 is 2.53 bits per heavy atom. The molecule has 0 aliphatic carbocycles. The normalized spacial score (nSPS) is 13.1. The minimum absolute atomic E-state index is 0.413. The lowest BCUT2D eigenvalue weighted by molar-refractivity contribution is 0.000340. The van der Waals surface area contributed by atoms with E-state index in [0.717, 1.165) is 5.56 Å². The molecular formula is C12H19NO2. The summed E-state index contributed by atoms with van der Waals surface area (Å²) in [6, 6.07) is 9.55. The maximum atomic E-state index is 9.74. The third-order valence-electron chi connectivity index (χ3n) is 1.98. The zero-order valence-electron chi connectivity index (χ0n) is 9.31. The first-order valence-corrected chi connectivity index (χ1v) is 5.28. The van der Waals surface area contributed by atoms with Crippen LogP contribution in [0.1, 0.15) is 25.5 Å². The van der Waals surface area contributed by atoms with Gasteiger partial charge >= 0.3 is 0 Å². The first kappa shape index (κ1) is 12.2. The van der Waals surface area contributed by atoms with Gasteiger partial charge in [-0.25, -0.2) is 0 Å². The van der Waals surface area contributed by atoms with Gasteiger partial charge in [-0.1, -0.05) is 44.2 Å². The second kappa shape index (κ2) is 6.56. The summed E-state index contributed by atoms with van der Waals surface area (Å²) in [6.45, 7) is 5.23.